The van der Waals surface area contributed by atoms with Crippen molar-refractivity contribution < 1.29 is 13.2 Å². The van der Waals surface area contributed by atoms with E-state index in [0.29, 0.717) is 5.56 Å². The van der Waals surface area contributed by atoms with Crippen LogP contribution in [0.5, 0.6) is 0 Å². The smallest absolute Gasteiger partial charge is 0.222 e. The summed E-state index contributed by atoms with van der Waals surface area (Å²) in [4.78, 5) is 14.2. The molecule has 0 aromatic heterocycles. The Morgan fingerprint density at radius 3 is 2.08 bits per heavy atom. The van der Waals surface area contributed by atoms with Crippen LogP contribution in [0.15, 0.2) is 59.5 Å². The minimum absolute atomic E-state index is 0.0373. The van der Waals surface area contributed by atoms with Crippen LogP contribution in [0, 0.1) is 5.92 Å². The van der Waals surface area contributed by atoms with Crippen LogP contribution in [-0.2, 0) is 14.6 Å². The third-order valence-corrected chi connectivity index (χ3v) is 6.33. The zero-order chi connectivity index (χ0) is 19.3. The molecule has 1 amide bonds. The number of nitrogens with one attached hydrogen (secondary N) is 1. The van der Waals surface area contributed by atoms with Crippen LogP contribution in [0.1, 0.15) is 24.7 Å². The van der Waals surface area contributed by atoms with Gasteiger partial charge in [0.25, 0.3) is 0 Å². The highest BCUT2D eigenvalue weighted by Crippen LogP contribution is 2.29. The number of rotatable bonds is 7. The summed E-state index contributed by atoms with van der Waals surface area (Å²) >= 11 is 0. The number of sulfone groups is 1. The lowest BCUT2D eigenvalue weighted by Gasteiger charge is -2.21. The molecule has 0 radical (unpaired) electrons. The SMILES string of the molecule is CC(C)C(=O)NC[C@H](c1ccc(N(C)C)cc1)S(=O)(=O)c1ccccc1. The Labute approximate surface area is 156 Å². The normalized spacial score (nSPS) is 12.7. The molecule has 0 unspecified atom stereocenters. The Hall–Kier alpha value is -2.34. The van der Waals surface area contributed by atoms with Gasteiger partial charge >= 0.3 is 0 Å². The van der Waals surface area contributed by atoms with Crippen molar-refractivity contribution in [2.24, 2.45) is 5.92 Å². The van der Waals surface area contributed by atoms with Crippen molar-refractivity contribution >= 4 is 21.4 Å². The molecule has 26 heavy (non-hydrogen) atoms. The molecule has 0 aliphatic carbocycles. The maximum Gasteiger partial charge on any atom is 0.222 e. The Balaban J connectivity index is 2.40. The molecule has 0 aliphatic heterocycles. The van der Waals surface area contributed by atoms with Gasteiger partial charge in [-0.3, -0.25) is 4.79 Å². The minimum Gasteiger partial charge on any atom is -0.378 e. The zero-order valence-electron chi connectivity index (χ0n) is 15.6. The monoisotopic (exact) mass is 374 g/mol. The molecule has 2 rings (SSSR count). The molecule has 0 fully saturated rings. The molecule has 140 valence electrons. The van der Waals surface area contributed by atoms with E-state index in [2.05, 4.69) is 5.32 Å². The van der Waals surface area contributed by atoms with Gasteiger partial charge in [-0.05, 0) is 29.8 Å². The van der Waals surface area contributed by atoms with Gasteiger partial charge in [-0.15, -0.1) is 0 Å². The highest BCUT2D eigenvalue weighted by atomic mass is 32.2. The van der Waals surface area contributed by atoms with Crippen LogP contribution in [-0.4, -0.2) is 35.0 Å². The van der Waals surface area contributed by atoms with Crippen molar-refractivity contribution in [3.63, 3.8) is 0 Å². The van der Waals surface area contributed by atoms with Gasteiger partial charge in [0, 0.05) is 32.2 Å². The minimum atomic E-state index is -3.64. The molecule has 1 atom stereocenters. The number of hydrogen-bond acceptors (Lipinski definition) is 4. The zero-order valence-corrected chi connectivity index (χ0v) is 16.5. The van der Waals surface area contributed by atoms with Gasteiger partial charge in [-0.2, -0.15) is 0 Å². The van der Waals surface area contributed by atoms with E-state index in [1.807, 2.05) is 43.3 Å². The van der Waals surface area contributed by atoms with E-state index >= 15 is 0 Å². The van der Waals surface area contributed by atoms with Crippen molar-refractivity contribution in [1.82, 2.24) is 5.32 Å². The summed E-state index contributed by atoms with van der Waals surface area (Å²) in [6.07, 6.45) is 0. The van der Waals surface area contributed by atoms with Crippen LogP contribution in [0.2, 0.25) is 0 Å². The van der Waals surface area contributed by atoms with E-state index in [9.17, 15) is 13.2 Å². The van der Waals surface area contributed by atoms with Crippen molar-refractivity contribution in [2.75, 3.05) is 25.5 Å². The van der Waals surface area contributed by atoms with Crippen LogP contribution in [0.25, 0.3) is 0 Å². The molecule has 0 saturated heterocycles. The third-order valence-electron chi connectivity index (χ3n) is 4.21. The molecule has 0 heterocycles. The van der Waals surface area contributed by atoms with Gasteiger partial charge in [0.2, 0.25) is 5.91 Å². The Morgan fingerprint density at radius 1 is 1.00 bits per heavy atom. The summed E-state index contributed by atoms with van der Waals surface area (Å²) in [5.41, 5.74) is 1.64. The molecule has 2 aromatic rings. The second-order valence-electron chi connectivity index (χ2n) is 6.73. The molecule has 0 saturated carbocycles. The number of carbonyl (C=O) groups excluding carboxylic acids is 1. The van der Waals surface area contributed by atoms with Gasteiger partial charge < -0.3 is 10.2 Å². The van der Waals surface area contributed by atoms with Crippen LogP contribution in [0.3, 0.4) is 0 Å². The molecule has 0 spiro atoms. The van der Waals surface area contributed by atoms with Gasteiger partial charge in [-0.1, -0.05) is 44.2 Å². The summed E-state index contributed by atoms with van der Waals surface area (Å²) in [6, 6.07) is 15.7. The number of hydrogen-bond donors (Lipinski definition) is 1. The first-order chi connectivity index (χ1) is 12.2. The highest BCUT2D eigenvalue weighted by Gasteiger charge is 2.29. The number of nitrogens with zero attached hydrogens (tertiary/aromatic N) is 1. The van der Waals surface area contributed by atoms with Gasteiger partial charge in [-0.25, -0.2) is 8.42 Å². The summed E-state index contributed by atoms with van der Waals surface area (Å²) < 4.78 is 26.3. The highest BCUT2D eigenvalue weighted by molar-refractivity contribution is 7.91. The van der Waals surface area contributed by atoms with Crippen molar-refractivity contribution in [1.29, 1.82) is 0 Å². The number of amides is 1. The maximum absolute atomic E-state index is 13.2. The Morgan fingerprint density at radius 2 is 1.58 bits per heavy atom. The summed E-state index contributed by atoms with van der Waals surface area (Å²) in [6.45, 7) is 3.60. The van der Waals surface area contributed by atoms with Crippen molar-refractivity contribution in [2.45, 2.75) is 24.0 Å². The second kappa shape index (κ2) is 8.36. The average molecular weight is 375 g/mol. The standard InChI is InChI=1S/C20H26N2O3S/c1-15(2)20(23)21-14-19(16-10-12-17(13-11-16)22(3)4)26(24,25)18-8-6-5-7-9-18/h5-13,15,19H,14H2,1-4H3,(H,21,23)/t19-/m1/s1. The van der Waals surface area contributed by atoms with Crippen LogP contribution >= 0.6 is 0 Å². The van der Waals surface area contributed by atoms with E-state index in [-0.39, 0.29) is 23.3 Å². The van der Waals surface area contributed by atoms with Gasteiger partial charge in [0.15, 0.2) is 9.84 Å². The van der Waals surface area contributed by atoms with Gasteiger partial charge in [0.05, 0.1) is 4.90 Å². The lowest BCUT2D eigenvalue weighted by molar-refractivity contribution is -0.123. The van der Waals surface area contributed by atoms with Gasteiger partial charge in [0.1, 0.15) is 5.25 Å². The quantitative estimate of drug-likeness (QED) is 0.809. The molecular weight excluding hydrogens is 348 g/mol. The maximum atomic E-state index is 13.2. The molecule has 2 aromatic carbocycles. The molecule has 6 heteroatoms. The third kappa shape index (κ3) is 4.64. The van der Waals surface area contributed by atoms with E-state index in [1.165, 1.54) is 0 Å². The fourth-order valence-electron chi connectivity index (χ4n) is 2.57. The predicted molar refractivity (Wildman–Crippen MR) is 105 cm³/mol. The average Bonchev–Trinajstić information content (AvgIpc) is 2.62. The van der Waals surface area contributed by atoms with Crippen LogP contribution < -0.4 is 10.2 Å². The summed E-state index contributed by atoms with van der Waals surface area (Å²) in [7, 11) is 0.216. The first-order valence-corrected chi connectivity index (χ1v) is 10.1. The van der Waals surface area contributed by atoms with Crippen LogP contribution in [0.4, 0.5) is 5.69 Å². The van der Waals surface area contributed by atoms with E-state index in [4.69, 9.17) is 0 Å². The molecule has 1 N–H and O–H groups in total. The predicted octanol–water partition coefficient (Wildman–Crippen LogP) is 3.04. The fraction of sp³-hybridized carbons (Fsp3) is 0.350. The van der Waals surface area contributed by atoms with E-state index in [0.717, 1.165) is 5.69 Å². The molecular formula is C20H26N2O3S. The fourth-order valence-corrected chi connectivity index (χ4v) is 4.25. The number of carbonyl (C=O) groups is 1. The molecule has 0 bridgehead atoms. The van der Waals surface area contributed by atoms with Crippen molar-refractivity contribution in [3.05, 3.63) is 60.2 Å². The summed E-state index contributed by atoms with van der Waals surface area (Å²) in [5, 5.41) is 1.92. The molecule has 5 nitrogen and oxygen atoms in total. The second-order valence-corrected chi connectivity index (χ2v) is 8.86. The van der Waals surface area contributed by atoms with Crippen molar-refractivity contribution in [3.8, 4) is 0 Å². The number of benzene rings is 2. The number of anilines is 1. The largest absolute Gasteiger partial charge is 0.378 e. The summed E-state index contributed by atoms with van der Waals surface area (Å²) in [5.74, 6) is -0.366. The lowest BCUT2D eigenvalue weighted by atomic mass is 10.1. The Kier molecular flexibility index (Phi) is 6.42. The lowest BCUT2D eigenvalue weighted by Crippen LogP contribution is -2.34. The Bertz CT molecular complexity index is 829. The van der Waals surface area contributed by atoms with E-state index in [1.54, 1.807) is 44.2 Å². The topological polar surface area (TPSA) is 66.5 Å². The first-order valence-electron chi connectivity index (χ1n) is 8.57. The molecule has 0 aliphatic rings. The first kappa shape index (κ1) is 20.0. The van der Waals surface area contributed by atoms with E-state index < -0.39 is 15.1 Å².